The Hall–Kier alpha value is -0.940. The third kappa shape index (κ3) is 3.09. The first kappa shape index (κ1) is 12.1. The van der Waals surface area contributed by atoms with Gasteiger partial charge in [-0.15, -0.1) is 0 Å². The summed E-state index contributed by atoms with van der Waals surface area (Å²) in [6.45, 7) is 5.91. The van der Waals surface area contributed by atoms with Crippen molar-refractivity contribution in [2.75, 3.05) is 0 Å². The van der Waals surface area contributed by atoms with Crippen LogP contribution in [0.5, 0.6) is 0 Å². The second-order valence-electron chi connectivity index (χ2n) is 6.08. The Kier molecular flexibility index (Phi) is 3.11. The van der Waals surface area contributed by atoms with Gasteiger partial charge in [0.05, 0.1) is 24.8 Å². The monoisotopic (exact) mass is 250 g/mol. The third-order valence-corrected chi connectivity index (χ3v) is 3.65. The highest BCUT2D eigenvalue weighted by Crippen LogP contribution is 2.29. The fourth-order valence-electron chi connectivity index (χ4n) is 2.44. The van der Waals surface area contributed by atoms with Gasteiger partial charge in [-0.1, -0.05) is 0 Å². The Morgan fingerprint density at radius 3 is 2.94 bits per heavy atom. The van der Waals surface area contributed by atoms with Gasteiger partial charge in [0.15, 0.2) is 5.82 Å². The molecule has 18 heavy (non-hydrogen) atoms. The smallest absolute Gasteiger partial charge is 0.164 e. The van der Waals surface area contributed by atoms with Crippen molar-refractivity contribution in [2.24, 2.45) is 0 Å². The molecule has 100 valence electrons. The summed E-state index contributed by atoms with van der Waals surface area (Å²) in [6.07, 6.45) is 6.94. The van der Waals surface area contributed by atoms with Crippen LogP contribution < -0.4 is 5.32 Å². The molecule has 1 saturated carbocycles. The highest BCUT2D eigenvalue weighted by atomic mass is 16.5. The van der Waals surface area contributed by atoms with E-state index in [0.29, 0.717) is 6.04 Å². The van der Waals surface area contributed by atoms with E-state index in [0.717, 1.165) is 31.8 Å². The minimum atomic E-state index is 0.0294. The highest BCUT2D eigenvalue weighted by Gasteiger charge is 2.31. The number of hydrogen-bond acceptors (Lipinski definition) is 4. The van der Waals surface area contributed by atoms with E-state index in [1.807, 2.05) is 11.0 Å². The molecule has 1 aliphatic heterocycles. The molecule has 0 aromatic carbocycles. The second kappa shape index (κ2) is 4.63. The lowest BCUT2D eigenvalue weighted by Crippen LogP contribution is -2.23. The summed E-state index contributed by atoms with van der Waals surface area (Å²) in [5.74, 6) is 0.888. The number of rotatable bonds is 5. The van der Waals surface area contributed by atoms with Crippen molar-refractivity contribution in [1.29, 1.82) is 0 Å². The van der Waals surface area contributed by atoms with Crippen molar-refractivity contribution < 1.29 is 4.74 Å². The molecular formula is C13H22N4O. The van der Waals surface area contributed by atoms with Crippen LogP contribution in [-0.4, -0.2) is 32.5 Å². The Morgan fingerprint density at radius 1 is 1.44 bits per heavy atom. The van der Waals surface area contributed by atoms with Gasteiger partial charge in [-0.05, 0) is 39.5 Å². The van der Waals surface area contributed by atoms with Crippen LogP contribution in [0.25, 0.3) is 0 Å². The molecule has 0 radical (unpaired) electrons. The summed E-state index contributed by atoms with van der Waals surface area (Å²) in [7, 11) is 0. The van der Waals surface area contributed by atoms with E-state index in [1.165, 1.54) is 12.8 Å². The van der Waals surface area contributed by atoms with E-state index in [4.69, 9.17) is 4.74 Å². The van der Waals surface area contributed by atoms with Gasteiger partial charge in [0.1, 0.15) is 6.33 Å². The Bertz CT molecular complexity index is 411. The first-order valence-electron chi connectivity index (χ1n) is 6.90. The standard InChI is InChI=1S/C13H22N4O/c1-13(2)6-5-11(18-13)8-17-9-15-12(16-17)7-14-10-3-4-10/h9-11,14H,3-8H2,1-2H3. The quantitative estimate of drug-likeness (QED) is 0.860. The maximum atomic E-state index is 5.97. The van der Waals surface area contributed by atoms with Crippen LogP contribution in [-0.2, 0) is 17.8 Å². The number of aromatic nitrogens is 3. The van der Waals surface area contributed by atoms with Gasteiger partial charge in [-0.3, -0.25) is 4.68 Å². The molecule has 1 unspecified atom stereocenters. The Labute approximate surface area is 108 Å². The average molecular weight is 250 g/mol. The highest BCUT2D eigenvalue weighted by molar-refractivity contribution is 4.88. The summed E-state index contributed by atoms with van der Waals surface area (Å²) in [4.78, 5) is 4.33. The van der Waals surface area contributed by atoms with Crippen molar-refractivity contribution in [3.63, 3.8) is 0 Å². The average Bonchev–Trinajstić information content (AvgIpc) is 2.94. The summed E-state index contributed by atoms with van der Waals surface area (Å²) in [5, 5.41) is 7.91. The SMILES string of the molecule is CC1(C)CCC(Cn2cnc(CNC3CC3)n2)O1. The van der Waals surface area contributed by atoms with Crippen LogP contribution in [0, 0.1) is 0 Å². The molecule has 0 spiro atoms. The molecule has 1 aromatic heterocycles. The van der Waals surface area contributed by atoms with E-state index >= 15 is 0 Å². The topological polar surface area (TPSA) is 52.0 Å². The molecule has 1 atom stereocenters. The first-order chi connectivity index (χ1) is 8.61. The Morgan fingerprint density at radius 2 is 2.28 bits per heavy atom. The largest absolute Gasteiger partial charge is 0.370 e. The summed E-state index contributed by atoms with van der Waals surface area (Å²) < 4.78 is 7.88. The van der Waals surface area contributed by atoms with E-state index in [-0.39, 0.29) is 11.7 Å². The predicted molar refractivity (Wildman–Crippen MR) is 68.1 cm³/mol. The van der Waals surface area contributed by atoms with Gasteiger partial charge in [0, 0.05) is 6.04 Å². The molecule has 2 fully saturated rings. The van der Waals surface area contributed by atoms with Crippen LogP contribution >= 0.6 is 0 Å². The van der Waals surface area contributed by atoms with Crippen molar-refractivity contribution in [1.82, 2.24) is 20.1 Å². The molecule has 5 nitrogen and oxygen atoms in total. The maximum Gasteiger partial charge on any atom is 0.164 e. The number of hydrogen-bond donors (Lipinski definition) is 1. The summed E-state index contributed by atoms with van der Waals surface area (Å²) >= 11 is 0. The summed E-state index contributed by atoms with van der Waals surface area (Å²) in [6, 6.07) is 0.705. The van der Waals surface area contributed by atoms with Crippen LogP contribution in [0.1, 0.15) is 45.4 Å². The van der Waals surface area contributed by atoms with Gasteiger partial charge < -0.3 is 10.1 Å². The number of ether oxygens (including phenoxy) is 1. The zero-order valence-corrected chi connectivity index (χ0v) is 11.2. The second-order valence-corrected chi connectivity index (χ2v) is 6.08. The molecule has 0 amide bonds. The fraction of sp³-hybridized carbons (Fsp3) is 0.846. The van der Waals surface area contributed by atoms with Crippen LogP contribution in [0.4, 0.5) is 0 Å². The van der Waals surface area contributed by atoms with Crippen molar-refractivity contribution in [2.45, 2.75) is 70.4 Å². The molecular weight excluding hydrogens is 228 g/mol. The minimum Gasteiger partial charge on any atom is -0.370 e. The van der Waals surface area contributed by atoms with Gasteiger partial charge in [0.25, 0.3) is 0 Å². The molecule has 0 bridgehead atoms. The molecule has 1 aliphatic carbocycles. The van der Waals surface area contributed by atoms with Crippen LogP contribution in [0.15, 0.2) is 6.33 Å². The van der Waals surface area contributed by atoms with Crippen LogP contribution in [0.3, 0.4) is 0 Å². The van der Waals surface area contributed by atoms with Crippen LogP contribution in [0.2, 0.25) is 0 Å². The van der Waals surface area contributed by atoms with Gasteiger partial charge in [-0.2, -0.15) is 5.10 Å². The molecule has 2 heterocycles. The van der Waals surface area contributed by atoms with Crippen molar-refractivity contribution in [3.05, 3.63) is 12.2 Å². The molecule has 1 aromatic rings. The summed E-state index contributed by atoms with van der Waals surface area (Å²) in [5.41, 5.74) is 0.0294. The molecule has 1 saturated heterocycles. The molecule has 5 heteroatoms. The van der Waals surface area contributed by atoms with Gasteiger partial charge in [-0.25, -0.2) is 4.98 Å². The van der Waals surface area contributed by atoms with Crippen molar-refractivity contribution in [3.8, 4) is 0 Å². The lowest BCUT2D eigenvalue weighted by molar-refractivity contribution is -0.0230. The van der Waals surface area contributed by atoms with E-state index in [2.05, 4.69) is 29.2 Å². The normalized spacial score (nSPS) is 26.7. The maximum absolute atomic E-state index is 5.97. The Balaban J connectivity index is 1.50. The lowest BCUT2D eigenvalue weighted by atomic mass is 10.1. The predicted octanol–water partition coefficient (Wildman–Crippen LogP) is 1.49. The lowest BCUT2D eigenvalue weighted by Gasteiger charge is -2.18. The zero-order chi connectivity index (χ0) is 12.6. The fourth-order valence-corrected chi connectivity index (χ4v) is 2.44. The van der Waals surface area contributed by atoms with Crippen molar-refractivity contribution >= 4 is 0 Å². The molecule has 1 N–H and O–H groups in total. The molecule has 2 aliphatic rings. The van der Waals surface area contributed by atoms with E-state index < -0.39 is 0 Å². The van der Waals surface area contributed by atoms with E-state index in [9.17, 15) is 0 Å². The number of nitrogens with one attached hydrogen (secondary N) is 1. The van der Waals surface area contributed by atoms with E-state index in [1.54, 1.807) is 0 Å². The van der Waals surface area contributed by atoms with Gasteiger partial charge >= 0.3 is 0 Å². The first-order valence-corrected chi connectivity index (χ1v) is 6.90. The minimum absolute atomic E-state index is 0.0294. The molecule has 3 rings (SSSR count). The number of nitrogens with zero attached hydrogens (tertiary/aromatic N) is 3. The third-order valence-electron chi connectivity index (χ3n) is 3.65. The van der Waals surface area contributed by atoms with Gasteiger partial charge in [0.2, 0.25) is 0 Å². The zero-order valence-electron chi connectivity index (χ0n) is 11.2.